The van der Waals surface area contributed by atoms with Crippen molar-refractivity contribution >= 4 is 28.5 Å². The van der Waals surface area contributed by atoms with E-state index in [2.05, 4.69) is 56.1 Å². The van der Waals surface area contributed by atoms with E-state index in [0.29, 0.717) is 5.92 Å². The van der Waals surface area contributed by atoms with E-state index in [1.807, 2.05) is 28.1 Å². The maximum atomic E-state index is 4.70. The van der Waals surface area contributed by atoms with Crippen molar-refractivity contribution < 1.29 is 0 Å². The molecule has 27 heavy (non-hydrogen) atoms. The van der Waals surface area contributed by atoms with Crippen LogP contribution in [0.2, 0.25) is 0 Å². The van der Waals surface area contributed by atoms with Crippen LogP contribution in [0.3, 0.4) is 0 Å². The fourth-order valence-corrected chi connectivity index (χ4v) is 4.21. The van der Waals surface area contributed by atoms with E-state index in [0.717, 1.165) is 42.5 Å². The number of nitrogens with zero attached hydrogens (tertiary/aromatic N) is 5. The van der Waals surface area contributed by atoms with Crippen molar-refractivity contribution in [3.05, 3.63) is 59.3 Å². The van der Waals surface area contributed by atoms with Crippen molar-refractivity contribution in [2.24, 2.45) is 5.92 Å². The molecule has 5 rings (SSSR count). The molecule has 4 aromatic rings. The monoisotopic (exact) mass is 376 g/mol. The van der Waals surface area contributed by atoms with Crippen LogP contribution >= 0.6 is 11.3 Å². The average Bonchev–Trinajstić information content (AvgIpc) is 3.46. The molecule has 0 saturated carbocycles. The van der Waals surface area contributed by atoms with Gasteiger partial charge in [-0.3, -0.25) is 0 Å². The van der Waals surface area contributed by atoms with Gasteiger partial charge < -0.3 is 10.2 Å². The minimum Gasteiger partial charge on any atom is -0.371 e. The smallest absolute Gasteiger partial charge is 0.186 e. The lowest BCUT2D eigenvalue weighted by Gasteiger charge is -2.18. The first-order valence-electron chi connectivity index (χ1n) is 9.16. The van der Waals surface area contributed by atoms with Crippen LogP contribution in [-0.4, -0.2) is 39.4 Å². The molecule has 6 nitrogen and oxygen atoms in total. The normalized spacial score (nSPS) is 16.9. The summed E-state index contributed by atoms with van der Waals surface area (Å²) in [7, 11) is 0. The molecule has 0 aliphatic carbocycles. The minimum absolute atomic E-state index is 0.611. The summed E-state index contributed by atoms with van der Waals surface area (Å²) in [6.07, 6.45) is 1.19. The van der Waals surface area contributed by atoms with Gasteiger partial charge in [-0.05, 0) is 48.1 Å². The molecule has 0 spiro atoms. The molecule has 7 heteroatoms. The van der Waals surface area contributed by atoms with E-state index in [9.17, 15) is 0 Å². The number of aromatic nitrogens is 4. The van der Waals surface area contributed by atoms with Crippen LogP contribution in [0.1, 0.15) is 6.42 Å². The Bertz CT molecular complexity index is 1030. The Morgan fingerprint density at radius 2 is 2.00 bits per heavy atom. The summed E-state index contributed by atoms with van der Waals surface area (Å²) in [6.45, 7) is 3.10. The van der Waals surface area contributed by atoms with Gasteiger partial charge in [0.25, 0.3) is 0 Å². The highest BCUT2D eigenvalue weighted by Crippen LogP contribution is 2.24. The van der Waals surface area contributed by atoms with Gasteiger partial charge >= 0.3 is 0 Å². The summed E-state index contributed by atoms with van der Waals surface area (Å²) in [6, 6.07) is 16.6. The Morgan fingerprint density at radius 3 is 2.85 bits per heavy atom. The summed E-state index contributed by atoms with van der Waals surface area (Å²) in [5.41, 5.74) is 3.12. The molecular formula is C20H20N6S. The van der Waals surface area contributed by atoms with Crippen molar-refractivity contribution in [3.63, 3.8) is 0 Å². The third-order valence-electron chi connectivity index (χ3n) is 5.02. The van der Waals surface area contributed by atoms with Gasteiger partial charge in [-0.25, -0.2) is 0 Å². The molecule has 1 atom stereocenters. The summed E-state index contributed by atoms with van der Waals surface area (Å²) < 4.78 is 1.81. The lowest BCUT2D eigenvalue weighted by molar-refractivity contribution is 0.620. The zero-order valence-corrected chi connectivity index (χ0v) is 15.6. The highest BCUT2D eigenvalue weighted by molar-refractivity contribution is 7.08. The zero-order chi connectivity index (χ0) is 18.1. The Hall–Kier alpha value is -2.93. The van der Waals surface area contributed by atoms with Gasteiger partial charge in [-0.15, -0.1) is 15.3 Å². The van der Waals surface area contributed by atoms with Crippen molar-refractivity contribution in [3.8, 4) is 11.4 Å². The van der Waals surface area contributed by atoms with E-state index in [1.165, 1.54) is 12.1 Å². The molecule has 1 N–H and O–H groups in total. The van der Waals surface area contributed by atoms with Crippen LogP contribution in [0.15, 0.2) is 59.3 Å². The summed E-state index contributed by atoms with van der Waals surface area (Å²) >= 11 is 1.65. The molecule has 1 aromatic carbocycles. The minimum atomic E-state index is 0.611. The van der Waals surface area contributed by atoms with Gasteiger partial charge in [0.2, 0.25) is 0 Å². The van der Waals surface area contributed by atoms with Gasteiger partial charge in [-0.2, -0.15) is 15.9 Å². The molecular weight excluding hydrogens is 356 g/mol. The summed E-state index contributed by atoms with van der Waals surface area (Å²) in [4.78, 5) is 2.46. The van der Waals surface area contributed by atoms with Crippen molar-refractivity contribution in [2.45, 2.75) is 6.42 Å². The summed E-state index contributed by atoms with van der Waals surface area (Å²) in [5.74, 6) is 2.25. The highest BCUT2D eigenvalue weighted by atomic mass is 32.1. The number of fused-ring (bicyclic) bond motifs is 1. The van der Waals surface area contributed by atoms with Crippen LogP contribution in [0.4, 0.5) is 11.5 Å². The molecule has 1 saturated heterocycles. The third kappa shape index (κ3) is 3.26. The Kier molecular flexibility index (Phi) is 4.21. The number of anilines is 2. The lowest BCUT2D eigenvalue weighted by atomic mass is 10.1. The SMILES string of the molecule is c1ccc(N2CCC(CNc3ccc4nnc(-c5ccsc5)n4n3)C2)cc1. The number of rotatable bonds is 5. The molecule has 136 valence electrons. The maximum absolute atomic E-state index is 4.70. The first-order chi connectivity index (χ1) is 13.4. The molecule has 3 aromatic heterocycles. The van der Waals surface area contributed by atoms with Crippen molar-refractivity contribution in [2.75, 3.05) is 29.9 Å². The number of thiophene rings is 1. The van der Waals surface area contributed by atoms with Gasteiger partial charge in [0.15, 0.2) is 11.5 Å². The third-order valence-corrected chi connectivity index (χ3v) is 5.70. The molecule has 1 unspecified atom stereocenters. The Morgan fingerprint density at radius 1 is 1.07 bits per heavy atom. The van der Waals surface area contributed by atoms with Gasteiger partial charge in [-0.1, -0.05) is 18.2 Å². The maximum Gasteiger partial charge on any atom is 0.186 e. The van der Waals surface area contributed by atoms with Crippen LogP contribution in [0, 0.1) is 5.92 Å². The van der Waals surface area contributed by atoms with Crippen LogP contribution < -0.4 is 10.2 Å². The fraction of sp³-hybridized carbons (Fsp3) is 0.250. The number of para-hydroxylation sites is 1. The van der Waals surface area contributed by atoms with E-state index < -0.39 is 0 Å². The van der Waals surface area contributed by atoms with E-state index >= 15 is 0 Å². The van der Waals surface area contributed by atoms with Crippen LogP contribution in [0.5, 0.6) is 0 Å². The quantitative estimate of drug-likeness (QED) is 0.574. The number of hydrogen-bond donors (Lipinski definition) is 1. The van der Waals surface area contributed by atoms with Crippen LogP contribution in [-0.2, 0) is 0 Å². The van der Waals surface area contributed by atoms with Gasteiger partial charge in [0.05, 0.1) is 0 Å². The topological polar surface area (TPSA) is 58.3 Å². The van der Waals surface area contributed by atoms with Crippen LogP contribution in [0.25, 0.3) is 17.0 Å². The van der Waals surface area contributed by atoms with Gasteiger partial charge in [0, 0.05) is 36.3 Å². The fourth-order valence-electron chi connectivity index (χ4n) is 3.58. The number of nitrogens with one attached hydrogen (secondary N) is 1. The zero-order valence-electron chi connectivity index (χ0n) is 14.8. The molecule has 1 aliphatic heterocycles. The van der Waals surface area contributed by atoms with E-state index in [4.69, 9.17) is 5.10 Å². The molecule has 0 radical (unpaired) electrons. The molecule has 1 fully saturated rings. The predicted octanol–water partition coefficient (Wildman–Crippen LogP) is 3.79. The second kappa shape index (κ2) is 7.00. The van der Waals surface area contributed by atoms with Crippen molar-refractivity contribution in [1.29, 1.82) is 0 Å². The first-order valence-corrected chi connectivity index (χ1v) is 10.1. The van der Waals surface area contributed by atoms with Gasteiger partial charge in [0.1, 0.15) is 5.82 Å². The Labute approximate surface area is 161 Å². The molecule has 0 amide bonds. The average molecular weight is 376 g/mol. The standard InChI is InChI=1S/C20H20N6S/c1-2-4-17(5-3-1)25-10-8-15(13-25)12-21-18-6-7-19-22-23-20(26(19)24-18)16-9-11-27-14-16/h1-7,9,11,14-15H,8,10,12-13H2,(H,21,24). The molecule has 0 bridgehead atoms. The van der Waals surface area contributed by atoms with E-state index in [-0.39, 0.29) is 0 Å². The van der Waals surface area contributed by atoms with Crippen molar-refractivity contribution in [1.82, 2.24) is 19.8 Å². The lowest BCUT2D eigenvalue weighted by Crippen LogP contribution is -2.22. The number of hydrogen-bond acceptors (Lipinski definition) is 6. The van der Waals surface area contributed by atoms with E-state index in [1.54, 1.807) is 11.3 Å². The number of benzene rings is 1. The largest absolute Gasteiger partial charge is 0.371 e. The first kappa shape index (κ1) is 16.3. The predicted molar refractivity (Wildman–Crippen MR) is 109 cm³/mol. The molecule has 1 aliphatic rings. The molecule has 4 heterocycles. The summed E-state index contributed by atoms with van der Waals surface area (Å²) in [5, 5.41) is 20.8. The Balaban J connectivity index is 1.28. The highest BCUT2D eigenvalue weighted by Gasteiger charge is 2.22. The second-order valence-corrected chi connectivity index (χ2v) is 7.62. The second-order valence-electron chi connectivity index (χ2n) is 6.84.